The van der Waals surface area contributed by atoms with Crippen molar-refractivity contribution in [2.24, 2.45) is 7.05 Å². The van der Waals surface area contributed by atoms with Gasteiger partial charge in [0, 0.05) is 27.9 Å². The van der Waals surface area contributed by atoms with Crippen LogP contribution in [0.5, 0.6) is 0 Å². The fraction of sp³-hybridized carbons (Fsp3) is 0.190. The summed E-state index contributed by atoms with van der Waals surface area (Å²) in [6, 6.07) is 16.6. The number of hydrogen-bond donors (Lipinski definition) is 0. The Hall–Kier alpha value is -2.71. The summed E-state index contributed by atoms with van der Waals surface area (Å²) in [6.07, 6.45) is 1.82. The second-order valence-corrected chi connectivity index (χ2v) is 7.88. The van der Waals surface area contributed by atoms with Crippen molar-refractivity contribution in [1.29, 1.82) is 5.26 Å². The van der Waals surface area contributed by atoms with E-state index in [1.165, 1.54) is 0 Å². The quantitative estimate of drug-likeness (QED) is 0.452. The molecule has 2 aromatic heterocycles. The first-order chi connectivity index (χ1) is 12.4. The van der Waals surface area contributed by atoms with Crippen LogP contribution in [0, 0.1) is 11.3 Å². The fourth-order valence-corrected chi connectivity index (χ4v) is 3.65. The third kappa shape index (κ3) is 2.58. The van der Waals surface area contributed by atoms with Gasteiger partial charge in [-0.3, -0.25) is 9.67 Å². The Bertz CT molecular complexity index is 1180. The highest BCUT2D eigenvalue weighted by Crippen LogP contribution is 2.35. The molecule has 0 aliphatic heterocycles. The molecule has 0 spiro atoms. The van der Waals surface area contributed by atoms with Crippen LogP contribution in [0.1, 0.15) is 19.4 Å². The van der Waals surface area contributed by atoms with Crippen LogP contribution < -0.4 is 0 Å². The van der Waals surface area contributed by atoms with Gasteiger partial charge in [0.2, 0.25) is 0 Å². The minimum absolute atomic E-state index is 0.505. The smallest absolute Gasteiger partial charge is 0.112 e. The molecular weight excluding hydrogens is 388 g/mol. The second kappa shape index (κ2) is 5.93. The van der Waals surface area contributed by atoms with Gasteiger partial charge in [-0.2, -0.15) is 10.4 Å². The van der Waals surface area contributed by atoms with E-state index in [0.29, 0.717) is 0 Å². The van der Waals surface area contributed by atoms with Crippen molar-refractivity contribution in [2.45, 2.75) is 19.3 Å². The largest absolute Gasteiger partial charge is 0.267 e. The zero-order valence-electron chi connectivity index (χ0n) is 14.8. The lowest BCUT2D eigenvalue weighted by atomic mass is 9.86. The lowest BCUT2D eigenvalue weighted by Gasteiger charge is -2.16. The molecule has 0 bridgehead atoms. The summed E-state index contributed by atoms with van der Waals surface area (Å²) in [5.41, 5.74) is 4.43. The van der Waals surface area contributed by atoms with E-state index in [2.05, 4.69) is 50.3 Å². The van der Waals surface area contributed by atoms with E-state index < -0.39 is 5.41 Å². The van der Waals surface area contributed by atoms with Crippen LogP contribution in [0.3, 0.4) is 0 Å². The van der Waals surface area contributed by atoms with Crippen LogP contribution in [-0.2, 0) is 12.5 Å². The van der Waals surface area contributed by atoms with Crippen molar-refractivity contribution in [2.75, 3.05) is 0 Å². The Morgan fingerprint density at radius 1 is 1.08 bits per heavy atom. The molecular formula is C21H17BrN4. The number of aromatic nitrogens is 3. The van der Waals surface area contributed by atoms with Crippen LogP contribution in [-0.4, -0.2) is 14.8 Å². The lowest BCUT2D eigenvalue weighted by molar-refractivity contribution is 0.687. The molecule has 0 radical (unpaired) electrons. The molecule has 0 amide bonds. The molecule has 0 fully saturated rings. The Morgan fingerprint density at radius 3 is 2.50 bits per heavy atom. The first kappa shape index (κ1) is 16.7. The number of fused-ring (bicyclic) bond motifs is 3. The highest BCUT2D eigenvalue weighted by atomic mass is 79.9. The number of pyridine rings is 1. The molecule has 2 heterocycles. The van der Waals surface area contributed by atoms with Gasteiger partial charge in [0.05, 0.1) is 28.9 Å². The van der Waals surface area contributed by atoms with Crippen LogP contribution in [0.2, 0.25) is 0 Å². The Morgan fingerprint density at radius 2 is 1.81 bits per heavy atom. The Balaban J connectivity index is 1.98. The van der Waals surface area contributed by atoms with Crippen LogP contribution in [0.4, 0.5) is 0 Å². The summed E-state index contributed by atoms with van der Waals surface area (Å²) in [5, 5.41) is 16.2. The van der Waals surface area contributed by atoms with Gasteiger partial charge in [-0.15, -0.1) is 0 Å². The van der Waals surface area contributed by atoms with E-state index >= 15 is 0 Å². The number of nitriles is 1. The zero-order valence-corrected chi connectivity index (χ0v) is 16.4. The maximum absolute atomic E-state index is 9.36. The number of rotatable bonds is 2. The van der Waals surface area contributed by atoms with E-state index in [9.17, 15) is 5.26 Å². The van der Waals surface area contributed by atoms with E-state index in [1.54, 1.807) is 0 Å². The van der Waals surface area contributed by atoms with E-state index in [1.807, 2.05) is 56.0 Å². The zero-order chi connectivity index (χ0) is 18.5. The molecule has 26 heavy (non-hydrogen) atoms. The molecule has 0 unspecified atom stereocenters. The average molecular weight is 405 g/mol. The number of halogens is 1. The Labute approximate surface area is 160 Å². The number of hydrogen-bond acceptors (Lipinski definition) is 3. The average Bonchev–Trinajstić information content (AvgIpc) is 2.98. The van der Waals surface area contributed by atoms with Gasteiger partial charge >= 0.3 is 0 Å². The summed E-state index contributed by atoms with van der Waals surface area (Å²) < 4.78 is 2.91. The van der Waals surface area contributed by atoms with E-state index in [4.69, 9.17) is 0 Å². The van der Waals surface area contributed by atoms with Gasteiger partial charge in [-0.25, -0.2) is 0 Å². The summed E-state index contributed by atoms with van der Waals surface area (Å²) in [4.78, 5) is 4.52. The van der Waals surface area contributed by atoms with Crippen LogP contribution in [0.15, 0.2) is 53.1 Å². The highest BCUT2D eigenvalue weighted by molar-refractivity contribution is 9.10. The van der Waals surface area contributed by atoms with Crippen molar-refractivity contribution in [3.63, 3.8) is 0 Å². The Kier molecular flexibility index (Phi) is 3.82. The molecule has 0 atom stereocenters. The van der Waals surface area contributed by atoms with Crippen LogP contribution in [0.25, 0.3) is 33.1 Å². The van der Waals surface area contributed by atoms with Crippen molar-refractivity contribution in [3.05, 3.63) is 58.7 Å². The molecule has 0 aliphatic carbocycles. The van der Waals surface area contributed by atoms with E-state index in [0.717, 1.165) is 43.1 Å². The molecule has 0 saturated heterocycles. The van der Waals surface area contributed by atoms with Gasteiger partial charge < -0.3 is 0 Å². The van der Waals surface area contributed by atoms with Gasteiger partial charge in [0.15, 0.2) is 0 Å². The molecule has 4 nitrogen and oxygen atoms in total. The van der Waals surface area contributed by atoms with Crippen molar-refractivity contribution in [1.82, 2.24) is 14.8 Å². The normalized spacial score (nSPS) is 11.8. The molecule has 4 aromatic rings. The van der Waals surface area contributed by atoms with Crippen molar-refractivity contribution in [3.8, 4) is 17.3 Å². The minimum Gasteiger partial charge on any atom is -0.267 e. The summed E-state index contributed by atoms with van der Waals surface area (Å²) in [7, 11) is 1.95. The first-order valence-electron chi connectivity index (χ1n) is 8.34. The SMILES string of the molecule is Cn1nc2cnc3ccc(Br)cc3c2c1-c1ccc(C(C)(C)C#N)cc1. The molecule has 4 rings (SSSR count). The predicted molar refractivity (Wildman–Crippen MR) is 108 cm³/mol. The summed E-state index contributed by atoms with van der Waals surface area (Å²) in [5.74, 6) is 0. The van der Waals surface area contributed by atoms with Crippen molar-refractivity contribution < 1.29 is 0 Å². The summed E-state index contributed by atoms with van der Waals surface area (Å²) >= 11 is 3.56. The monoisotopic (exact) mass is 404 g/mol. The standard InChI is InChI=1S/C21H17BrN4/c1-21(2,12-23)14-6-4-13(5-7-14)20-19-16-10-15(22)8-9-17(16)24-11-18(19)25-26(20)3/h4-11H,1-3H3. The van der Waals surface area contributed by atoms with Gasteiger partial charge in [-0.1, -0.05) is 40.2 Å². The second-order valence-electron chi connectivity index (χ2n) is 6.97. The van der Waals surface area contributed by atoms with Crippen molar-refractivity contribution >= 4 is 37.7 Å². The number of nitrogens with zero attached hydrogens (tertiary/aromatic N) is 4. The van der Waals surface area contributed by atoms with E-state index in [-0.39, 0.29) is 0 Å². The molecule has 128 valence electrons. The lowest BCUT2D eigenvalue weighted by Crippen LogP contribution is -2.13. The topological polar surface area (TPSA) is 54.5 Å². The highest BCUT2D eigenvalue weighted by Gasteiger charge is 2.20. The first-order valence-corrected chi connectivity index (χ1v) is 9.13. The van der Waals surface area contributed by atoms with Gasteiger partial charge in [0.1, 0.15) is 5.52 Å². The molecule has 2 aromatic carbocycles. The third-order valence-corrected chi connectivity index (χ3v) is 5.28. The number of benzene rings is 2. The molecule has 0 N–H and O–H groups in total. The minimum atomic E-state index is -0.505. The predicted octanol–water partition coefficient (Wildman–Crippen LogP) is 5.35. The van der Waals surface area contributed by atoms with Gasteiger partial charge in [0.25, 0.3) is 0 Å². The fourth-order valence-electron chi connectivity index (χ4n) is 3.29. The third-order valence-electron chi connectivity index (χ3n) is 4.79. The van der Waals surface area contributed by atoms with Crippen LogP contribution >= 0.6 is 15.9 Å². The number of aryl methyl sites for hydroxylation is 1. The maximum Gasteiger partial charge on any atom is 0.112 e. The maximum atomic E-state index is 9.36. The molecule has 0 aliphatic rings. The molecule has 5 heteroatoms. The molecule has 0 saturated carbocycles. The summed E-state index contributed by atoms with van der Waals surface area (Å²) in [6.45, 7) is 3.86. The van der Waals surface area contributed by atoms with Gasteiger partial charge in [-0.05, 0) is 37.6 Å².